The topological polar surface area (TPSA) is 85.4 Å². The molecule has 2 unspecified atom stereocenters. The smallest absolute Gasteiger partial charge is 0.243 e. The molecule has 0 bridgehead atoms. The fraction of sp³-hybridized carbons (Fsp3) is 0.480. The maximum absolute atomic E-state index is 13.3. The molecule has 2 aromatic carbocycles. The van der Waals surface area contributed by atoms with E-state index in [1.165, 1.54) is 10.4 Å². The summed E-state index contributed by atoms with van der Waals surface area (Å²) in [4.78, 5) is 15.4. The van der Waals surface area contributed by atoms with Crippen molar-refractivity contribution in [3.05, 3.63) is 54.1 Å². The van der Waals surface area contributed by atoms with Gasteiger partial charge in [-0.15, -0.1) is 0 Å². The van der Waals surface area contributed by atoms with Gasteiger partial charge in [0.15, 0.2) is 11.5 Å². The first-order valence-electron chi connectivity index (χ1n) is 11.8. The summed E-state index contributed by atoms with van der Waals surface area (Å²) in [5, 5.41) is 0. The van der Waals surface area contributed by atoms with Gasteiger partial charge in [0.25, 0.3) is 0 Å². The van der Waals surface area contributed by atoms with Gasteiger partial charge in [-0.25, -0.2) is 8.42 Å². The average molecular weight is 487 g/mol. The van der Waals surface area contributed by atoms with Gasteiger partial charge in [-0.3, -0.25) is 4.79 Å². The number of morpholine rings is 1. The third-order valence-electron chi connectivity index (χ3n) is 6.70. The highest BCUT2D eigenvalue weighted by molar-refractivity contribution is 7.89. The number of carbonyl (C=O) groups excluding carboxylic acids is 1. The van der Waals surface area contributed by atoms with E-state index in [0.29, 0.717) is 63.7 Å². The second-order valence-corrected chi connectivity index (χ2v) is 11.0. The van der Waals surface area contributed by atoms with E-state index < -0.39 is 10.0 Å². The molecule has 8 nitrogen and oxygen atoms in total. The predicted molar refractivity (Wildman–Crippen MR) is 125 cm³/mol. The summed E-state index contributed by atoms with van der Waals surface area (Å²) in [6.45, 7) is 4.53. The number of carbonyl (C=O) groups is 1. The molecule has 0 aliphatic carbocycles. The highest BCUT2D eigenvalue weighted by Gasteiger charge is 2.37. The Bertz CT molecular complexity index is 1130. The first kappa shape index (κ1) is 23.1. The van der Waals surface area contributed by atoms with E-state index in [2.05, 4.69) is 0 Å². The number of amides is 1. The van der Waals surface area contributed by atoms with E-state index in [9.17, 15) is 13.2 Å². The van der Waals surface area contributed by atoms with Gasteiger partial charge in [-0.05, 0) is 37.5 Å². The van der Waals surface area contributed by atoms with E-state index in [1.54, 1.807) is 12.1 Å². The van der Waals surface area contributed by atoms with E-state index in [4.69, 9.17) is 14.2 Å². The average Bonchev–Trinajstić information content (AvgIpc) is 2.88. The minimum atomic E-state index is -3.67. The fourth-order valence-corrected chi connectivity index (χ4v) is 6.40. The molecule has 2 saturated heterocycles. The lowest BCUT2D eigenvalue weighted by Crippen LogP contribution is -2.50. The zero-order valence-corrected chi connectivity index (χ0v) is 20.1. The van der Waals surface area contributed by atoms with Gasteiger partial charge in [-0.2, -0.15) is 4.31 Å². The first-order chi connectivity index (χ1) is 16.4. The van der Waals surface area contributed by atoms with Crippen molar-refractivity contribution in [3.8, 4) is 11.5 Å². The summed E-state index contributed by atoms with van der Waals surface area (Å²) in [5.41, 5.74) is 1.06. The molecule has 0 N–H and O–H groups in total. The van der Waals surface area contributed by atoms with Crippen LogP contribution in [0.2, 0.25) is 0 Å². The molecule has 0 radical (unpaired) electrons. The molecule has 182 valence electrons. The Labute approximate surface area is 200 Å². The number of sulfonamides is 1. The van der Waals surface area contributed by atoms with Crippen LogP contribution in [0, 0.1) is 5.92 Å². The number of hydrogen-bond donors (Lipinski definition) is 0. The first-order valence-corrected chi connectivity index (χ1v) is 13.2. The second-order valence-electron chi connectivity index (χ2n) is 9.07. The molecule has 3 aliphatic rings. The monoisotopic (exact) mass is 486 g/mol. The molecule has 2 fully saturated rings. The Morgan fingerprint density at radius 2 is 1.65 bits per heavy atom. The summed E-state index contributed by atoms with van der Waals surface area (Å²) < 4.78 is 45.0. The number of hydrogen-bond acceptors (Lipinski definition) is 6. The molecule has 3 heterocycles. The quantitative estimate of drug-likeness (QED) is 0.661. The van der Waals surface area contributed by atoms with Crippen LogP contribution in [0.1, 0.15) is 31.4 Å². The Morgan fingerprint density at radius 3 is 2.38 bits per heavy atom. The van der Waals surface area contributed by atoms with Crippen molar-refractivity contribution < 1.29 is 27.4 Å². The molecule has 2 aromatic rings. The number of ether oxygens (including phenoxy) is 3. The summed E-state index contributed by atoms with van der Waals surface area (Å²) in [6.07, 6.45) is 0.803. The lowest BCUT2D eigenvalue weighted by Gasteiger charge is -2.40. The Balaban J connectivity index is 1.23. The largest absolute Gasteiger partial charge is 0.486 e. The van der Waals surface area contributed by atoms with Crippen LogP contribution in [0.15, 0.2) is 53.4 Å². The number of nitrogens with zero attached hydrogens (tertiary/aromatic N) is 2. The van der Waals surface area contributed by atoms with Gasteiger partial charge in [0.05, 0.1) is 17.5 Å². The third kappa shape index (κ3) is 4.64. The standard InChI is InChI=1S/C25H30N2O6S/c1-18-16-26(17-24(33-18)19-5-3-2-4-6-19)25(28)20-9-11-27(12-10-20)34(29,30)21-7-8-22-23(15-21)32-14-13-31-22/h2-8,15,18,20,24H,9-14,16-17H2,1H3. The molecule has 34 heavy (non-hydrogen) atoms. The van der Waals surface area contributed by atoms with Crippen LogP contribution in [-0.2, 0) is 19.6 Å². The molecule has 0 aromatic heterocycles. The van der Waals surface area contributed by atoms with Gasteiger partial charge >= 0.3 is 0 Å². The summed E-state index contributed by atoms with van der Waals surface area (Å²) in [5.74, 6) is 0.913. The third-order valence-corrected chi connectivity index (χ3v) is 8.59. The summed E-state index contributed by atoms with van der Waals surface area (Å²) in [6, 6.07) is 14.7. The number of rotatable bonds is 4. The van der Waals surface area contributed by atoms with Crippen LogP contribution >= 0.6 is 0 Å². The van der Waals surface area contributed by atoms with Crippen LogP contribution in [0.25, 0.3) is 0 Å². The molecule has 5 rings (SSSR count). The highest BCUT2D eigenvalue weighted by Crippen LogP contribution is 2.34. The lowest BCUT2D eigenvalue weighted by atomic mass is 9.95. The minimum absolute atomic E-state index is 0.0569. The summed E-state index contributed by atoms with van der Waals surface area (Å²) in [7, 11) is -3.67. The molecule has 1 amide bonds. The SMILES string of the molecule is CC1CN(C(=O)C2CCN(S(=O)(=O)c3ccc4c(c3)OCCO4)CC2)CC(c2ccccc2)O1. The van der Waals surface area contributed by atoms with Crippen molar-refractivity contribution >= 4 is 15.9 Å². The second kappa shape index (κ2) is 9.56. The van der Waals surface area contributed by atoms with Crippen molar-refractivity contribution in [2.75, 3.05) is 39.4 Å². The van der Waals surface area contributed by atoms with Crippen molar-refractivity contribution in [1.82, 2.24) is 9.21 Å². The van der Waals surface area contributed by atoms with E-state index >= 15 is 0 Å². The maximum Gasteiger partial charge on any atom is 0.243 e. The van der Waals surface area contributed by atoms with E-state index in [1.807, 2.05) is 42.2 Å². The zero-order valence-electron chi connectivity index (χ0n) is 19.3. The Kier molecular flexibility index (Phi) is 6.50. The molecular formula is C25H30N2O6S. The number of piperidine rings is 1. The zero-order chi connectivity index (χ0) is 23.7. The number of fused-ring (bicyclic) bond motifs is 1. The van der Waals surface area contributed by atoms with Gasteiger partial charge in [-0.1, -0.05) is 30.3 Å². The van der Waals surface area contributed by atoms with Crippen LogP contribution in [0.5, 0.6) is 11.5 Å². The molecule has 0 saturated carbocycles. The minimum Gasteiger partial charge on any atom is -0.486 e. The molecule has 3 aliphatic heterocycles. The summed E-state index contributed by atoms with van der Waals surface area (Å²) >= 11 is 0. The Morgan fingerprint density at radius 1 is 0.941 bits per heavy atom. The fourth-order valence-electron chi connectivity index (χ4n) is 4.92. The van der Waals surface area contributed by atoms with Crippen LogP contribution in [0.4, 0.5) is 0 Å². The maximum atomic E-state index is 13.3. The molecular weight excluding hydrogens is 456 g/mol. The van der Waals surface area contributed by atoms with Crippen LogP contribution in [0.3, 0.4) is 0 Å². The van der Waals surface area contributed by atoms with Gasteiger partial charge in [0.2, 0.25) is 15.9 Å². The molecule has 9 heteroatoms. The van der Waals surface area contributed by atoms with Crippen molar-refractivity contribution in [3.63, 3.8) is 0 Å². The van der Waals surface area contributed by atoms with Crippen LogP contribution < -0.4 is 9.47 Å². The van der Waals surface area contributed by atoms with Crippen molar-refractivity contribution in [2.24, 2.45) is 5.92 Å². The normalized spacial score (nSPS) is 24.1. The van der Waals surface area contributed by atoms with Gasteiger partial charge < -0.3 is 19.1 Å². The lowest BCUT2D eigenvalue weighted by molar-refractivity contribution is -0.150. The Hall–Kier alpha value is -2.62. The van der Waals surface area contributed by atoms with Crippen molar-refractivity contribution in [2.45, 2.75) is 36.9 Å². The van der Waals surface area contributed by atoms with Gasteiger partial charge in [0, 0.05) is 31.6 Å². The van der Waals surface area contributed by atoms with E-state index in [0.717, 1.165) is 5.56 Å². The van der Waals surface area contributed by atoms with Crippen LogP contribution in [-0.4, -0.2) is 69.0 Å². The molecule has 0 spiro atoms. The van der Waals surface area contributed by atoms with E-state index in [-0.39, 0.29) is 28.9 Å². The predicted octanol–water partition coefficient (Wildman–Crippen LogP) is 2.85. The van der Waals surface area contributed by atoms with Crippen molar-refractivity contribution in [1.29, 1.82) is 0 Å². The number of benzene rings is 2. The highest BCUT2D eigenvalue weighted by atomic mass is 32.2. The molecule has 2 atom stereocenters. The van der Waals surface area contributed by atoms with Gasteiger partial charge in [0.1, 0.15) is 19.3 Å².